The molecule has 5 N–H and O–H groups in total. The van der Waals surface area contributed by atoms with E-state index in [1.807, 2.05) is 7.05 Å². The molecule has 0 aromatic carbocycles. The molecule has 0 aromatic heterocycles. The second-order valence-electron chi connectivity index (χ2n) is 3.26. The van der Waals surface area contributed by atoms with Gasteiger partial charge in [-0.15, -0.1) is 0 Å². The molecule has 0 saturated carbocycles. The maximum absolute atomic E-state index is 8.84. The minimum atomic E-state index is 0. The Morgan fingerprint density at radius 2 is 1.50 bits per heavy atom. The van der Waals surface area contributed by atoms with E-state index in [9.17, 15) is 0 Å². The lowest BCUT2D eigenvalue weighted by atomic mass is 10.4. The van der Waals surface area contributed by atoms with Crippen LogP contribution in [0.4, 0.5) is 0 Å². The number of nitrogens with zero attached hydrogens (tertiary/aromatic N) is 1. The van der Waals surface area contributed by atoms with Crippen molar-refractivity contribution in [1.82, 2.24) is 0 Å². The highest BCUT2D eigenvalue weighted by Gasteiger charge is 2.20. The smallest absolute Gasteiger partial charge is 0.117 e. The van der Waals surface area contributed by atoms with Crippen molar-refractivity contribution < 1.29 is 43.2 Å². The van der Waals surface area contributed by atoms with Crippen LogP contribution in [-0.4, -0.2) is 56.1 Å². The van der Waals surface area contributed by atoms with E-state index in [0.29, 0.717) is 24.2 Å². The fourth-order valence-corrected chi connectivity index (χ4v) is 1.12. The molecule has 0 rings (SSSR count). The molecule has 0 atom stereocenters. The molecule has 0 aliphatic rings. The molecule has 0 radical (unpaired) electrons. The number of halogens is 1. The number of likely N-dealkylation sites (N-methyl/N-ethyl adjacent to an activating group) is 1. The molecule has 0 saturated heterocycles. The summed E-state index contributed by atoms with van der Waals surface area (Å²) < 4.78 is 0.644. The van der Waals surface area contributed by atoms with Crippen LogP contribution in [0, 0.1) is 0 Å². The zero-order valence-electron chi connectivity index (χ0n) is 8.49. The predicted octanol–water partition coefficient (Wildman–Crippen LogP) is -4.79. The number of hydrogen-bond donors (Lipinski definition) is 3. The summed E-state index contributed by atoms with van der Waals surface area (Å²) in [7, 11) is 1.99. The van der Waals surface area contributed by atoms with Gasteiger partial charge in [-0.3, -0.25) is 9.68 Å². The first kappa shape index (κ1) is 16.9. The van der Waals surface area contributed by atoms with Crippen molar-refractivity contribution in [1.29, 1.82) is 0 Å². The van der Waals surface area contributed by atoms with Crippen LogP contribution < -0.4 is 35.8 Å². The molecule has 0 spiro atoms. The summed E-state index contributed by atoms with van der Waals surface area (Å²) in [5.41, 5.74) is 0. The van der Waals surface area contributed by atoms with Gasteiger partial charge in [0, 0.05) is 0 Å². The number of aliphatic hydroxyl groups is 1. The van der Waals surface area contributed by atoms with Crippen LogP contribution >= 0.6 is 0 Å². The predicted molar refractivity (Wildman–Crippen MR) is 48.2 cm³/mol. The molecule has 0 amide bonds. The number of aliphatic hydroxyl groups excluding tert-OH is 1. The zero-order chi connectivity index (χ0) is 10.2. The molecule has 0 heterocycles. The van der Waals surface area contributed by atoms with Crippen molar-refractivity contribution >= 4 is 0 Å². The fourth-order valence-electron chi connectivity index (χ4n) is 1.12. The zero-order valence-corrected chi connectivity index (χ0v) is 10.6. The number of hydrogen-bond acceptors (Lipinski definition) is 5. The Morgan fingerprint density at radius 1 is 1.07 bits per heavy atom. The first-order valence-corrected chi connectivity index (χ1v) is 4.26. The second-order valence-corrected chi connectivity index (χ2v) is 3.26. The SMILES string of the molecule is C[N+](CCO)(CCON)CCON.[I-]. The molecule has 14 heavy (non-hydrogen) atoms. The van der Waals surface area contributed by atoms with Crippen LogP contribution in [0.2, 0.25) is 0 Å². The maximum atomic E-state index is 8.84. The van der Waals surface area contributed by atoms with E-state index in [2.05, 4.69) is 9.68 Å². The summed E-state index contributed by atoms with van der Waals surface area (Å²) in [5, 5.41) is 8.84. The average Bonchev–Trinajstić information content (AvgIpc) is 2.12. The highest BCUT2D eigenvalue weighted by Crippen LogP contribution is 2.00. The van der Waals surface area contributed by atoms with E-state index in [1.54, 1.807) is 0 Å². The Balaban J connectivity index is 0. The quantitative estimate of drug-likeness (QED) is 0.237. The lowest BCUT2D eigenvalue weighted by Crippen LogP contribution is -3.00. The molecule has 0 aliphatic heterocycles. The summed E-state index contributed by atoms with van der Waals surface area (Å²) in [6.07, 6.45) is 0. The third kappa shape index (κ3) is 7.85. The van der Waals surface area contributed by atoms with Gasteiger partial charge in [-0.25, -0.2) is 11.8 Å². The topological polar surface area (TPSA) is 90.7 Å². The molecule has 7 heteroatoms. The number of rotatable bonds is 8. The van der Waals surface area contributed by atoms with E-state index < -0.39 is 0 Å². The van der Waals surface area contributed by atoms with Crippen LogP contribution in [0.5, 0.6) is 0 Å². The minimum Gasteiger partial charge on any atom is -1.00 e. The standard InChI is InChI=1S/C7H20N3O3.HI/c1-10(2-5-11,3-6-12-8)4-7-13-9;/h11H,2-9H2,1H3;1H/q+1;/p-1. The van der Waals surface area contributed by atoms with Crippen LogP contribution in [-0.2, 0) is 9.68 Å². The minimum absolute atomic E-state index is 0. The van der Waals surface area contributed by atoms with E-state index >= 15 is 0 Å². The molecule has 0 unspecified atom stereocenters. The Kier molecular flexibility index (Phi) is 12.1. The van der Waals surface area contributed by atoms with Crippen molar-refractivity contribution in [3.63, 3.8) is 0 Å². The normalized spacial score (nSPS) is 11.1. The van der Waals surface area contributed by atoms with Crippen LogP contribution in [0.15, 0.2) is 0 Å². The van der Waals surface area contributed by atoms with Crippen molar-refractivity contribution in [2.45, 2.75) is 0 Å². The van der Waals surface area contributed by atoms with Crippen molar-refractivity contribution in [2.75, 3.05) is 46.5 Å². The van der Waals surface area contributed by atoms with Gasteiger partial charge in [0.15, 0.2) is 0 Å². The van der Waals surface area contributed by atoms with Gasteiger partial charge in [0.2, 0.25) is 0 Å². The van der Waals surface area contributed by atoms with Gasteiger partial charge < -0.3 is 33.6 Å². The van der Waals surface area contributed by atoms with Crippen molar-refractivity contribution in [2.24, 2.45) is 11.8 Å². The summed E-state index contributed by atoms with van der Waals surface area (Å²) >= 11 is 0. The van der Waals surface area contributed by atoms with E-state index in [4.69, 9.17) is 16.9 Å². The average molecular weight is 321 g/mol. The fraction of sp³-hybridized carbons (Fsp3) is 1.00. The lowest BCUT2D eigenvalue weighted by Gasteiger charge is -2.33. The van der Waals surface area contributed by atoms with Crippen LogP contribution in [0.1, 0.15) is 0 Å². The highest BCUT2D eigenvalue weighted by atomic mass is 127. The van der Waals surface area contributed by atoms with E-state index in [-0.39, 0.29) is 30.6 Å². The van der Waals surface area contributed by atoms with Crippen molar-refractivity contribution in [3.8, 4) is 0 Å². The molecule has 88 valence electrons. The third-order valence-corrected chi connectivity index (χ3v) is 2.14. The molecular weight excluding hydrogens is 301 g/mol. The van der Waals surface area contributed by atoms with Gasteiger partial charge in [-0.1, -0.05) is 0 Å². The van der Waals surface area contributed by atoms with E-state index in [1.165, 1.54) is 0 Å². The van der Waals surface area contributed by atoms with Gasteiger partial charge >= 0.3 is 0 Å². The van der Waals surface area contributed by atoms with Crippen LogP contribution in [0.3, 0.4) is 0 Å². The lowest BCUT2D eigenvalue weighted by molar-refractivity contribution is -0.910. The summed E-state index contributed by atoms with van der Waals surface area (Å²) in [6.45, 7) is 3.17. The molecule has 6 nitrogen and oxygen atoms in total. The third-order valence-electron chi connectivity index (χ3n) is 2.14. The Labute approximate surface area is 102 Å². The first-order valence-electron chi connectivity index (χ1n) is 4.26. The molecule has 0 fully saturated rings. The van der Waals surface area contributed by atoms with Gasteiger partial charge in [0.05, 0.1) is 13.7 Å². The Bertz CT molecular complexity index is 121. The first-order chi connectivity index (χ1) is 6.18. The van der Waals surface area contributed by atoms with Gasteiger partial charge in [0.25, 0.3) is 0 Å². The number of quaternary nitrogens is 1. The van der Waals surface area contributed by atoms with Gasteiger partial charge in [-0.2, -0.15) is 0 Å². The largest absolute Gasteiger partial charge is 1.00 e. The molecule has 0 aliphatic carbocycles. The summed E-state index contributed by atoms with van der Waals surface area (Å²) in [4.78, 5) is 8.99. The highest BCUT2D eigenvalue weighted by molar-refractivity contribution is 4.39. The Hall–Kier alpha value is 0.490. The number of nitrogens with two attached hydrogens (primary N) is 2. The van der Waals surface area contributed by atoms with E-state index in [0.717, 1.165) is 13.1 Å². The molecular formula is C7H20IN3O3. The monoisotopic (exact) mass is 321 g/mol. The second kappa shape index (κ2) is 10.0. The molecule has 0 bridgehead atoms. The van der Waals surface area contributed by atoms with Crippen LogP contribution in [0.25, 0.3) is 0 Å². The Morgan fingerprint density at radius 3 is 1.79 bits per heavy atom. The van der Waals surface area contributed by atoms with Gasteiger partial charge in [0.1, 0.15) is 32.8 Å². The van der Waals surface area contributed by atoms with Gasteiger partial charge in [-0.05, 0) is 0 Å². The molecule has 0 aromatic rings. The summed E-state index contributed by atoms with van der Waals surface area (Å²) in [5.74, 6) is 9.86. The maximum Gasteiger partial charge on any atom is 0.117 e. The summed E-state index contributed by atoms with van der Waals surface area (Å²) in [6, 6.07) is 0. The van der Waals surface area contributed by atoms with Crippen molar-refractivity contribution in [3.05, 3.63) is 0 Å².